The Morgan fingerprint density at radius 2 is 0.820 bits per heavy atom. The summed E-state index contributed by atoms with van der Waals surface area (Å²) >= 11 is 0. The van der Waals surface area contributed by atoms with E-state index in [1.807, 2.05) is 30.5 Å². The van der Waals surface area contributed by atoms with Gasteiger partial charge in [0, 0.05) is 28.5 Å². The lowest BCUT2D eigenvalue weighted by molar-refractivity contribution is 1.07. The van der Waals surface area contributed by atoms with Gasteiger partial charge in [-0.05, 0) is 69.6 Å². The van der Waals surface area contributed by atoms with Crippen LogP contribution in [0.5, 0.6) is 0 Å². The molecule has 0 fully saturated rings. The van der Waals surface area contributed by atoms with Gasteiger partial charge in [0.1, 0.15) is 0 Å². The monoisotopic (exact) mass is 642 g/mol. The summed E-state index contributed by atoms with van der Waals surface area (Å²) in [6, 6.07) is 58.8. The van der Waals surface area contributed by atoms with Crippen molar-refractivity contribution in [1.82, 2.24) is 19.9 Å². The Labute approximate surface area is 292 Å². The molecule has 0 amide bonds. The molecule has 0 radical (unpaired) electrons. The Hall–Kier alpha value is -6.52. The van der Waals surface area contributed by atoms with E-state index in [2.05, 4.69) is 153 Å². The first-order valence-electron chi connectivity index (χ1n) is 16.9. The molecule has 0 aliphatic rings. The molecule has 0 spiro atoms. The molecular formula is C46H34N4. The molecule has 4 nitrogen and oxygen atoms in total. The summed E-state index contributed by atoms with van der Waals surface area (Å²) in [6.07, 6.45) is 2.86. The summed E-state index contributed by atoms with van der Waals surface area (Å²) in [5.41, 5.74) is 12.9. The van der Waals surface area contributed by atoms with Crippen LogP contribution in [0, 0.1) is 0 Å². The first-order valence-corrected chi connectivity index (χ1v) is 16.9. The molecule has 0 saturated heterocycles. The summed E-state index contributed by atoms with van der Waals surface area (Å²) in [6.45, 7) is 2.20. The third-order valence-corrected chi connectivity index (χ3v) is 9.00. The van der Waals surface area contributed by atoms with Crippen molar-refractivity contribution in [2.75, 3.05) is 0 Å². The lowest BCUT2D eigenvalue weighted by Crippen LogP contribution is -2.01. The highest BCUT2D eigenvalue weighted by Gasteiger charge is 2.15. The SMILES string of the molecule is CCc1ccccc1-c1ccc(-c2ccc(-c3nc(-c4cccc(-c5ccccc5)c4)nc(-c4cccc(-c5ccccc5)c4)n3)cn2)cc1. The average molecular weight is 643 g/mol. The van der Waals surface area contributed by atoms with Gasteiger partial charge in [-0.1, -0.05) is 153 Å². The number of nitrogens with zero attached hydrogens (tertiary/aromatic N) is 4. The zero-order chi connectivity index (χ0) is 33.7. The minimum Gasteiger partial charge on any atom is -0.255 e. The second-order valence-corrected chi connectivity index (χ2v) is 12.2. The van der Waals surface area contributed by atoms with E-state index in [9.17, 15) is 0 Å². The minimum absolute atomic E-state index is 0.575. The molecule has 8 aromatic rings. The number of hydrogen-bond donors (Lipinski definition) is 0. The molecular weight excluding hydrogens is 609 g/mol. The van der Waals surface area contributed by atoms with E-state index >= 15 is 0 Å². The van der Waals surface area contributed by atoms with E-state index < -0.39 is 0 Å². The molecule has 0 bridgehead atoms. The number of aryl methyl sites for hydroxylation is 1. The summed E-state index contributed by atoms with van der Waals surface area (Å²) in [4.78, 5) is 19.9. The zero-order valence-electron chi connectivity index (χ0n) is 27.7. The van der Waals surface area contributed by atoms with Crippen LogP contribution in [0.15, 0.2) is 176 Å². The van der Waals surface area contributed by atoms with E-state index in [-0.39, 0.29) is 0 Å². The molecule has 0 saturated carbocycles. The summed E-state index contributed by atoms with van der Waals surface area (Å²) in [7, 11) is 0. The molecule has 0 atom stereocenters. The summed E-state index contributed by atoms with van der Waals surface area (Å²) in [5.74, 6) is 1.80. The quantitative estimate of drug-likeness (QED) is 0.165. The fourth-order valence-corrected chi connectivity index (χ4v) is 6.33. The predicted octanol–water partition coefficient (Wildman–Crippen LogP) is 11.5. The number of hydrogen-bond acceptors (Lipinski definition) is 4. The standard InChI is InChI=1S/C46H34N4/c1-2-32-13-9-10-22-42(32)35-23-25-36(26-24-35)43-28-27-41(31-47-43)46-49-44(39-20-11-18-37(29-39)33-14-5-3-6-15-33)48-45(50-46)40-21-12-19-38(30-40)34-16-7-4-8-17-34/h3-31H,2H2,1H3. The van der Waals surface area contributed by atoms with Gasteiger partial charge in [0.15, 0.2) is 17.5 Å². The number of benzene rings is 6. The molecule has 0 N–H and O–H groups in total. The van der Waals surface area contributed by atoms with E-state index in [0.29, 0.717) is 17.5 Å². The Morgan fingerprint density at radius 1 is 0.360 bits per heavy atom. The number of rotatable bonds is 8. The van der Waals surface area contributed by atoms with E-state index in [1.54, 1.807) is 0 Å². The Bertz CT molecular complexity index is 2280. The number of pyridine rings is 1. The summed E-state index contributed by atoms with van der Waals surface area (Å²) in [5, 5.41) is 0. The van der Waals surface area contributed by atoms with Gasteiger partial charge < -0.3 is 0 Å². The first-order chi connectivity index (χ1) is 24.7. The third kappa shape index (κ3) is 6.47. The van der Waals surface area contributed by atoms with Gasteiger partial charge in [0.25, 0.3) is 0 Å². The van der Waals surface area contributed by atoms with Gasteiger partial charge in [0.05, 0.1) is 5.69 Å². The Morgan fingerprint density at radius 3 is 1.36 bits per heavy atom. The highest BCUT2D eigenvalue weighted by atomic mass is 15.0. The van der Waals surface area contributed by atoms with Crippen LogP contribution < -0.4 is 0 Å². The maximum atomic E-state index is 5.04. The van der Waals surface area contributed by atoms with Gasteiger partial charge in [-0.15, -0.1) is 0 Å². The van der Waals surface area contributed by atoms with Crippen LogP contribution in [0.3, 0.4) is 0 Å². The van der Waals surface area contributed by atoms with Crippen molar-refractivity contribution in [3.63, 3.8) is 0 Å². The topological polar surface area (TPSA) is 51.6 Å². The Kier molecular flexibility index (Phi) is 8.57. The van der Waals surface area contributed by atoms with Gasteiger partial charge >= 0.3 is 0 Å². The van der Waals surface area contributed by atoms with Crippen LogP contribution in [-0.4, -0.2) is 19.9 Å². The lowest BCUT2D eigenvalue weighted by Gasteiger charge is -2.11. The maximum Gasteiger partial charge on any atom is 0.165 e. The lowest BCUT2D eigenvalue weighted by atomic mass is 9.97. The fourth-order valence-electron chi connectivity index (χ4n) is 6.33. The second-order valence-electron chi connectivity index (χ2n) is 12.2. The third-order valence-electron chi connectivity index (χ3n) is 9.00. The minimum atomic E-state index is 0.575. The molecule has 2 aromatic heterocycles. The van der Waals surface area contributed by atoms with Crippen LogP contribution in [0.1, 0.15) is 12.5 Å². The van der Waals surface area contributed by atoms with Crippen LogP contribution in [-0.2, 0) is 6.42 Å². The van der Waals surface area contributed by atoms with Crippen molar-refractivity contribution < 1.29 is 0 Å². The van der Waals surface area contributed by atoms with Crippen molar-refractivity contribution in [1.29, 1.82) is 0 Å². The van der Waals surface area contributed by atoms with Crippen molar-refractivity contribution in [3.05, 3.63) is 182 Å². The molecule has 238 valence electrons. The number of aromatic nitrogens is 4. The molecule has 4 heteroatoms. The molecule has 50 heavy (non-hydrogen) atoms. The highest BCUT2D eigenvalue weighted by molar-refractivity contribution is 5.75. The average Bonchev–Trinajstić information content (AvgIpc) is 3.21. The van der Waals surface area contributed by atoms with E-state index in [4.69, 9.17) is 19.9 Å². The van der Waals surface area contributed by atoms with Crippen molar-refractivity contribution in [2.24, 2.45) is 0 Å². The maximum absolute atomic E-state index is 5.04. The second kappa shape index (κ2) is 13.9. The van der Waals surface area contributed by atoms with Crippen molar-refractivity contribution in [3.8, 4) is 78.8 Å². The van der Waals surface area contributed by atoms with Gasteiger partial charge in [-0.2, -0.15) is 0 Å². The first kappa shape index (κ1) is 30.8. The molecule has 8 rings (SSSR count). The van der Waals surface area contributed by atoms with Crippen LogP contribution in [0.4, 0.5) is 0 Å². The van der Waals surface area contributed by atoms with Gasteiger partial charge in [0.2, 0.25) is 0 Å². The smallest absolute Gasteiger partial charge is 0.165 e. The molecule has 0 aliphatic heterocycles. The summed E-state index contributed by atoms with van der Waals surface area (Å²) < 4.78 is 0. The Balaban J connectivity index is 1.17. The van der Waals surface area contributed by atoms with Gasteiger partial charge in [-0.25, -0.2) is 15.0 Å². The predicted molar refractivity (Wildman–Crippen MR) is 205 cm³/mol. The van der Waals surface area contributed by atoms with Gasteiger partial charge in [-0.3, -0.25) is 4.98 Å². The van der Waals surface area contributed by atoms with Crippen LogP contribution >= 0.6 is 0 Å². The van der Waals surface area contributed by atoms with E-state index in [0.717, 1.165) is 56.6 Å². The molecule has 0 aliphatic carbocycles. The van der Waals surface area contributed by atoms with Crippen LogP contribution in [0.2, 0.25) is 0 Å². The molecule has 2 heterocycles. The fraction of sp³-hybridized carbons (Fsp3) is 0.0435. The highest BCUT2D eigenvalue weighted by Crippen LogP contribution is 2.31. The normalized spacial score (nSPS) is 11.0. The zero-order valence-corrected chi connectivity index (χ0v) is 27.7. The van der Waals surface area contributed by atoms with E-state index in [1.165, 1.54) is 16.7 Å². The van der Waals surface area contributed by atoms with Crippen molar-refractivity contribution >= 4 is 0 Å². The van der Waals surface area contributed by atoms with Crippen LogP contribution in [0.25, 0.3) is 78.8 Å². The largest absolute Gasteiger partial charge is 0.255 e. The van der Waals surface area contributed by atoms with Crippen molar-refractivity contribution in [2.45, 2.75) is 13.3 Å². The molecule has 6 aromatic carbocycles. The molecule has 0 unspecified atom stereocenters.